The zero-order valence-electron chi connectivity index (χ0n) is 10.4. The van der Waals surface area contributed by atoms with E-state index in [1.165, 1.54) is 45.2 Å². The molecule has 1 aromatic rings. The van der Waals surface area contributed by atoms with E-state index in [1.807, 2.05) is 11.3 Å². The van der Waals surface area contributed by atoms with Gasteiger partial charge in [-0.1, -0.05) is 0 Å². The van der Waals surface area contributed by atoms with E-state index in [1.54, 1.807) is 10.4 Å². The summed E-state index contributed by atoms with van der Waals surface area (Å²) in [7, 11) is 0. The van der Waals surface area contributed by atoms with Crippen molar-refractivity contribution in [2.24, 2.45) is 11.7 Å². The van der Waals surface area contributed by atoms with Crippen LogP contribution in [0.25, 0.3) is 0 Å². The summed E-state index contributed by atoms with van der Waals surface area (Å²) in [5, 5.41) is 2.27. The van der Waals surface area contributed by atoms with Gasteiger partial charge in [0.05, 0.1) is 0 Å². The van der Waals surface area contributed by atoms with Gasteiger partial charge in [0.1, 0.15) is 0 Å². The van der Waals surface area contributed by atoms with Gasteiger partial charge in [-0.05, 0) is 68.1 Å². The van der Waals surface area contributed by atoms with E-state index in [9.17, 15) is 0 Å². The summed E-state index contributed by atoms with van der Waals surface area (Å²) in [5.41, 5.74) is 7.47. The molecule has 2 atom stereocenters. The quantitative estimate of drug-likeness (QED) is 0.874. The van der Waals surface area contributed by atoms with Gasteiger partial charge in [0, 0.05) is 17.5 Å². The first-order valence-corrected chi connectivity index (χ1v) is 7.77. The maximum absolute atomic E-state index is 5.85. The predicted octanol–water partition coefficient (Wildman–Crippen LogP) is 2.80. The zero-order chi connectivity index (χ0) is 11.7. The third-order valence-electron chi connectivity index (χ3n) is 4.34. The molecule has 3 rings (SSSR count). The highest BCUT2D eigenvalue weighted by Gasteiger charge is 2.29. The lowest BCUT2D eigenvalue weighted by Gasteiger charge is -2.39. The van der Waals surface area contributed by atoms with Crippen LogP contribution >= 0.6 is 11.3 Å². The van der Waals surface area contributed by atoms with Crippen LogP contribution in [-0.4, -0.2) is 24.5 Å². The van der Waals surface area contributed by atoms with Gasteiger partial charge in [0.15, 0.2) is 0 Å². The fourth-order valence-electron chi connectivity index (χ4n) is 3.41. The fraction of sp³-hybridized carbons (Fsp3) is 0.714. The van der Waals surface area contributed by atoms with Gasteiger partial charge in [0.25, 0.3) is 0 Å². The predicted molar refractivity (Wildman–Crippen MR) is 73.3 cm³/mol. The van der Waals surface area contributed by atoms with Crippen molar-refractivity contribution in [3.63, 3.8) is 0 Å². The molecule has 1 aliphatic heterocycles. The van der Waals surface area contributed by atoms with Crippen LogP contribution in [-0.2, 0) is 6.42 Å². The lowest BCUT2D eigenvalue weighted by molar-refractivity contribution is 0.115. The first-order chi connectivity index (χ1) is 8.38. The zero-order valence-corrected chi connectivity index (χ0v) is 11.2. The summed E-state index contributed by atoms with van der Waals surface area (Å²) in [6, 6.07) is 3.05. The second kappa shape index (κ2) is 5.09. The van der Waals surface area contributed by atoms with Gasteiger partial charge in [0.2, 0.25) is 0 Å². The Balaban J connectivity index is 1.77. The number of thiophene rings is 1. The van der Waals surface area contributed by atoms with E-state index < -0.39 is 0 Å². The third-order valence-corrected chi connectivity index (χ3v) is 5.34. The highest BCUT2D eigenvalue weighted by Crippen LogP contribution is 2.38. The molecule has 2 N–H and O–H groups in total. The highest BCUT2D eigenvalue weighted by molar-refractivity contribution is 7.10. The van der Waals surface area contributed by atoms with Crippen molar-refractivity contribution in [3.8, 4) is 0 Å². The molecule has 3 heteroatoms. The van der Waals surface area contributed by atoms with Crippen molar-refractivity contribution >= 4 is 11.3 Å². The molecule has 0 aromatic carbocycles. The monoisotopic (exact) mass is 250 g/mol. The average Bonchev–Trinajstić information content (AvgIpc) is 2.87. The molecule has 1 fully saturated rings. The highest BCUT2D eigenvalue weighted by atomic mass is 32.1. The molecule has 0 bridgehead atoms. The molecule has 2 heterocycles. The van der Waals surface area contributed by atoms with Crippen molar-refractivity contribution in [2.45, 2.75) is 38.1 Å². The Morgan fingerprint density at radius 1 is 1.35 bits per heavy atom. The summed E-state index contributed by atoms with van der Waals surface area (Å²) in [6.07, 6.45) is 6.68. The molecule has 0 saturated carbocycles. The normalized spacial score (nSPS) is 30.2. The van der Waals surface area contributed by atoms with Crippen LogP contribution in [0.1, 0.15) is 42.2 Å². The van der Waals surface area contributed by atoms with Crippen LogP contribution in [0, 0.1) is 5.92 Å². The number of fused-ring (bicyclic) bond motifs is 1. The minimum absolute atomic E-state index is 0.694. The second-order valence-electron chi connectivity index (χ2n) is 5.45. The van der Waals surface area contributed by atoms with Gasteiger partial charge < -0.3 is 5.73 Å². The Hall–Kier alpha value is -0.380. The molecular formula is C14H22N2S. The second-order valence-corrected chi connectivity index (χ2v) is 6.45. The summed E-state index contributed by atoms with van der Waals surface area (Å²) in [5.74, 6) is 0.729. The first-order valence-electron chi connectivity index (χ1n) is 6.89. The summed E-state index contributed by atoms with van der Waals surface area (Å²) >= 11 is 1.95. The van der Waals surface area contributed by atoms with E-state index in [2.05, 4.69) is 16.3 Å². The topological polar surface area (TPSA) is 29.3 Å². The Morgan fingerprint density at radius 2 is 2.29 bits per heavy atom. The van der Waals surface area contributed by atoms with E-state index >= 15 is 0 Å². The lowest BCUT2D eigenvalue weighted by atomic mass is 9.89. The average molecular weight is 250 g/mol. The van der Waals surface area contributed by atoms with Crippen LogP contribution in [0.4, 0.5) is 0 Å². The number of likely N-dealkylation sites (tertiary alicyclic amines) is 1. The van der Waals surface area contributed by atoms with Gasteiger partial charge in [-0.15, -0.1) is 11.3 Å². The Kier molecular flexibility index (Phi) is 3.50. The molecular weight excluding hydrogens is 228 g/mol. The SMILES string of the molecule is NCC1CCCN(C2CCCc3sccc32)C1. The Morgan fingerprint density at radius 3 is 3.18 bits per heavy atom. The van der Waals surface area contributed by atoms with E-state index in [0.29, 0.717) is 6.04 Å². The number of nitrogens with zero attached hydrogens (tertiary/aromatic N) is 1. The smallest absolute Gasteiger partial charge is 0.0359 e. The minimum Gasteiger partial charge on any atom is -0.330 e. The van der Waals surface area contributed by atoms with E-state index in [0.717, 1.165) is 12.5 Å². The first kappa shape index (κ1) is 11.7. The van der Waals surface area contributed by atoms with Crippen molar-refractivity contribution < 1.29 is 0 Å². The van der Waals surface area contributed by atoms with Crippen molar-refractivity contribution in [1.29, 1.82) is 0 Å². The molecule has 0 spiro atoms. The molecule has 2 aliphatic rings. The maximum Gasteiger partial charge on any atom is 0.0359 e. The summed E-state index contributed by atoms with van der Waals surface area (Å²) in [6.45, 7) is 3.35. The molecule has 1 saturated heterocycles. The summed E-state index contributed by atoms with van der Waals surface area (Å²) in [4.78, 5) is 4.34. The van der Waals surface area contributed by atoms with Crippen LogP contribution in [0.2, 0.25) is 0 Å². The molecule has 0 radical (unpaired) electrons. The molecule has 17 heavy (non-hydrogen) atoms. The van der Waals surface area contributed by atoms with Crippen molar-refractivity contribution in [2.75, 3.05) is 19.6 Å². The molecule has 1 aliphatic carbocycles. The number of hydrogen-bond donors (Lipinski definition) is 1. The van der Waals surface area contributed by atoms with Crippen molar-refractivity contribution in [1.82, 2.24) is 4.90 Å². The third kappa shape index (κ3) is 2.28. The van der Waals surface area contributed by atoms with Crippen LogP contribution < -0.4 is 5.73 Å². The lowest BCUT2D eigenvalue weighted by Crippen LogP contribution is -2.41. The van der Waals surface area contributed by atoms with E-state index in [-0.39, 0.29) is 0 Å². The van der Waals surface area contributed by atoms with Gasteiger partial charge in [-0.25, -0.2) is 0 Å². The molecule has 2 unspecified atom stereocenters. The molecule has 94 valence electrons. The van der Waals surface area contributed by atoms with Gasteiger partial charge >= 0.3 is 0 Å². The summed E-state index contributed by atoms with van der Waals surface area (Å²) < 4.78 is 0. The number of piperidine rings is 1. The number of hydrogen-bond acceptors (Lipinski definition) is 3. The van der Waals surface area contributed by atoms with Gasteiger partial charge in [-0.3, -0.25) is 4.90 Å². The molecule has 2 nitrogen and oxygen atoms in total. The van der Waals surface area contributed by atoms with Gasteiger partial charge in [-0.2, -0.15) is 0 Å². The van der Waals surface area contributed by atoms with Crippen LogP contribution in [0.15, 0.2) is 11.4 Å². The number of aryl methyl sites for hydroxylation is 1. The van der Waals surface area contributed by atoms with Crippen LogP contribution in [0.3, 0.4) is 0 Å². The largest absolute Gasteiger partial charge is 0.330 e. The minimum atomic E-state index is 0.694. The maximum atomic E-state index is 5.85. The molecule has 1 aromatic heterocycles. The fourth-order valence-corrected chi connectivity index (χ4v) is 4.40. The Labute approximate surface area is 108 Å². The van der Waals surface area contributed by atoms with Crippen LogP contribution in [0.5, 0.6) is 0 Å². The Bertz CT molecular complexity index is 374. The standard InChI is InChI=1S/C14H22N2S/c15-9-11-3-2-7-16(10-11)13-4-1-5-14-12(13)6-8-17-14/h6,8,11,13H,1-5,7,9-10,15H2. The number of rotatable bonds is 2. The van der Waals surface area contributed by atoms with E-state index in [4.69, 9.17) is 5.73 Å². The molecule has 0 amide bonds. The number of nitrogens with two attached hydrogens (primary N) is 1. The van der Waals surface area contributed by atoms with Crippen molar-refractivity contribution in [3.05, 3.63) is 21.9 Å².